The van der Waals surface area contributed by atoms with Crippen molar-refractivity contribution in [2.24, 2.45) is 0 Å². The standard InChI is InChI=1S/C12H16O/c1-3-9-13-11(2)10-12-7-5-4-6-8-12/h3-9,11H,10H2,1-2H3. The van der Waals surface area contributed by atoms with Crippen LogP contribution < -0.4 is 0 Å². The summed E-state index contributed by atoms with van der Waals surface area (Å²) in [5, 5.41) is 0. The number of ether oxygens (including phenoxy) is 1. The minimum atomic E-state index is 0.249. The van der Waals surface area contributed by atoms with Crippen molar-refractivity contribution in [3.8, 4) is 0 Å². The Morgan fingerprint density at radius 2 is 2.00 bits per heavy atom. The lowest BCUT2D eigenvalue weighted by Gasteiger charge is -2.10. The van der Waals surface area contributed by atoms with Gasteiger partial charge < -0.3 is 4.74 Å². The van der Waals surface area contributed by atoms with Crippen LogP contribution in [0.3, 0.4) is 0 Å². The number of hydrogen-bond donors (Lipinski definition) is 0. The molecule has 0 aromatic heterocycles. The predicted octanol–water partition coefficient (Wildman–Crippen LogP) is 3.17. The summed E-state index contributed by atoms with van der Waals surface area (Å²) >= 11 is 0. The summed E-state index contributed by atoms with van der Waals surface area (Å²) in [6, 6.07) is 10.4. The van der Waals surface area contributed by atoms with Crippen LogP contribution in [0.15, 0.2) is 42.7 Å². The molecule has 0 bridgehead atoms. The maximum Gasteiger partial charge on any atom is 0.0990 e. The molecule has 1 rings (SSSR count). The molecule has 0 radical (unpaired) electrons. The molecule has 0 amide bonds. The highest BCUT2D eigenvalue weighted by Crippen LogP contribution is 2.05. The van der Waals surface area contributed by atoms with Gasteiger partial charge in [-0.2, -0.15) is 0 Å². The molecule has 0 N–H and O–H groups in total. The third kappa shape index (κ3) is 3.79. The van der Waals surface area contributed by atoms with Gasteiger partial charge in [-0.3, -0.25) is 0 Å². The second kappa shape index (κ2) is 5.41. The van der Waals surface area contributed by atoms with Crippen molar-refractivity contribution in [2.45, 2.75) is 26.4 Å². The third-order valence-corrected chi connectivity index (χ3v) is 1.81. The first-order valence-electron chi connectivity index (χ1n) is 4.63. The van der Waals surface area contributed by atoms with Crippen LogP contribution in [0.1, 0.15) is 19.4 Å². The van der Waals surface area contributed by atoms with Crippen molar-refractivity contribution in [3.05, 3.63) is 48.2 Å². The molecule has 1 atom stereocenters. The third-order valence-electron chi connectivity index (χ3n) is 1.81. The van der Waals surface area contributed by atoms with E-state index in [1.807, 2.05) is 19.1 Å². The van der Waals surface area contributed by atoms with Gasteiger partial charge in [-0.05, 0) is 19.4 Å². The van der Waals surface area contributed by atoms with E-state index in [-0.39, 0.29) is 6.10 Å². The Hall–Kier alpha value is -1.24. The highest BCUT2D eigenvalue weighted by molar-refractivity contribution is 5.15. The van der Waals surface area contributed by atoms with Gasteiger partial charge in [0.25, 0.3) is 0 Å². The fourth-order valence-corrected chi connectivity index (χ4v) is 1.21. The van der Waals surface area contributed by atoms with Gasteiger partial charge in [-0.25, -0.2) is 0 Å². The van der Waals surface area contributed by atoms with E-state index in [1.165, 1.54) is 5.56 Å². The van der Waals surface area contributed by atoms with Crippen molar-refractivity contribution >= 4 is 0 Å². The van der Waals surface area contributed by atoms with Crippen molar-refractivity contribution in [2.75, 3.05) is 0 Å². The van der Waals surface area contributed by atoms with Crippen LogP contribution in [-0.4, -0.2) is 6.10 Å². The molecule has 0 heterocycles. The smallest absolute Gasteiger partial charge is 0.0990 e. The Kier molecular flexibility index (Phi) is 4.10. The second-order valence-electron chi connectivity index (χ2n) is 3.11. The first-order chi connectivity index (χ1) is 6.33. The summed E-state index contributed by atoms with van der Waals surface area (Å²) in [6.07, 6.45) is 4.86. The SMILES string of the molecule is CC=COC(C)Cc1ccccc1. The summed E-state index contributed by atoms with van der Waals surface area (Å²) < 4.78 is 5.41. The lowest BCUT2D eigenvalue weighted by molar-refractivity contribution is 0.161. The van der Waals surface area contributed by atoms with Gasteiger partial charge in [0.05, 0.1) is 12.4 Å². The average Bonchev–Trinajstić information content (AvgIpc) is 2.16. The zero-order valence-corrected chi connectivity index (χ0v) is 8.23. The van der Waals surface area contributed by atoms with Crippen LogP contribution in [0.2, 0.25) is 0 Å². The van der Waals surface area contributed by atoms with E-state index in [0.717, 1.165) is 6.42 Å². The van der Waals surface area contributed by atoms with Gasteiger partial charge in [-0.15, -0.1) is 0 Å². The molecule has 1 aromatic rings. The summed E-state index contributed by atoms with van der Waals surface area (Å²) in [6.45, 7) is 4.03. The molecule has 13 heavy (non-hydrogen) atoms. The zero-order chi connectivity index (χ0) is 9.52. The number of rotatable bonds is 4. The monoisotopic (exact) mass is 176 g/mol. The first kappa shape index (κ1) is 9.85. The zero-order valence-electron chi connectivity index (χ0n) is 8.23. The van der Waals surface area contributed by atoms with E-state index in [2.05, 4.69) is 31.2 Å². The van der Waals surface area contributed by atoms with E-state index >= 15 is 0 Å². The maximum atomic E-state index is 5.41. The summed E-state index contributed by atoms with van der Waals surface area (Å²) in [7, 11) is 0. The van der Waals surface area contributed by atoms with Crippen LogP contribution >= 0.6 is 0 Å². The molecule has 1 aromatic carbocycles. The Morgan fingerprint density at radius 1 is 1.31 bits per heavy atom. The fourth-order valence-electron chi connectivity index (χ4n) is 1.21. The molecule has 0 aliphatic heterocycles. The summed E-state index contributed by atoms with van der Waals surface area (Å²) in [5.74, 6) is 0. The Labute approximate surface area is 80.0 Å². The molecule has 1 heteroatoms. The molecular weight excluding hydrogens is 160 g/mol. The number of hydrogen-bond acceptors (Lipinski definition) is 1. The maximum absolute atomic E-state index is 5.41. The van der Waals surface area contributed by atoms with Gasteiger partial charge in [0.2, 0.25) is 0 Å². The van der Waals surface area contributed by atoms with Crippen LogP contribution in [0.25, 0.3) is 0 Å². The number of benzene rings is 1. The van der Waals surface area contributed by atoms with E-state index < -0.39 is 0 Å². The van der Waals surface area contributed by atoms with Crippen molar-refractivity contribution in [3.63, 3.8) is 0 Å². The van der Waals surface area contributed by atoms with E-state index in [0.29, 0.717) is 0 Å². The molecule has 70 valence electrons. The Balaban J connectivity index is 2.40. The topological polar surface area (TPSA) is 9.23 Å². The Morgan fingerprint density at radius 3 is 2.62 bits per heavy atom. The normalized spacial score (nSPS) is 13.1. The minimum Gasteiger partial charge on any atom is -0.498 e. The van der Waals surface area contributed by atoms with Gasteiger partial charge in [-0.1, -0.05) is 36.4 Å². The van der Waals surface area contributed by atoms with Crippen molar-refractivity contribution in [1.82, 2.24) is 0 Å². The highest BCUT2D eigenvalue weighted by atomic mass is 16.5. The predicted molar refractivity (Wildman–Crippen MR) is 55.5 cm³/mol. The second-order valence-corrected chi connectivity index (χ2v) is 3.11. The molecule has 0 aliphatic carbocycles. The lowest BCUT2D eigenvalue weighted by atomic mass is 10.1. The van der Waals surface area contributed by atoms with E-state index in [1.54, 1.807) is 6.26 Å². The molecule has 0 spiro atoms. The van der Waals surface area contributed by atoms with Gasteiger partial charge in [0.15, 0.2) is 0 Å². The van der Waals surface area contributed by atoms with Crippen LogP contribution in [0.5, 0.6) is 0 Å². The highest BCUT2D eigenvalue weighted by Gasteiger charge is 2.00. The molecular formula is C12H16O. The quantitative estimate of drug-likeness (QED) is 0.640. The molecule has 0 aliphatic rings. The van der Waals surface area contributed by atoms with Crippen molar-refractivity contribution in [1.29, 1.82) is 0 Å². The van der Waals surface area contributed by atoms with Gasteiger partial charge >= 0.3 is 0 Å². The van der Waals surface area contributed by atoms with Crippen LogP contribution in [0.4, 0.5) is 0 Å². The van der Waals surface area contributed by atoms with Crippen molar-refractivity contribution < 1.29 is 4.74 Å². The summed E-state index contributed by atoms with van der Waals surface area (Å²) in [4.78, 5) is 0. The molecule has 0 saturated heterocycles. The first-order valence-corrected chi connectivity index (χ1v) is 4.63. The molecule has 1 unspecified atom stereocenters. The van der Waals surface area contributed by atoms with Crippen LogP contribution in [0, 0.1) is 0 Å². The molecule has 0 fully saturated rings. The number of allylic oxidation sites excluding steroid dienone is 1. The van der Waals surface area contributed by atoms with E-state index in [9.17, 15) is 0 Å². The fraction of sp³-hybridized carbons (Fsp3) is 0.333. The summed E-state index contributed by atoms with van der Waals surface area (Å²) in [5.41, 5.74) is 1.32. The van der Waals surface area contributed by atoms with Gasteiger partial charge in [0.1, 0.15) is 0 Å². The van der Waals surface area contributed by atoms with Crippen LogP contribution in [-0.2, 0) is 11.2 Å². The minimum absolute atomic E-state index is 0.249. The molecule has 1 nitrogen and oxygen atoms in total. The molecule has 0 saturated carbocycles. The average molecular weight is 176 g/mol. The van der Waals surface area contributed by atoms with E-state index in [4.69, 9.17) is 4.74 Å². The van der Waals surface area contributed by atoms with Gasteiger partial charge in [0, 0.05) is 6.42 Å². The Bertz CT molecular complexity index is 251. The largest absolute Gasteiger partial charge is 0.498 e. The lowest BCUT2D eigenvalue weighted by Crippen LogP contribution is -2.07.